The number of rotatable bonds is 10. The van der Waals surface area contributed by atoms with Crippen LogP contribution in [0.3, 0.4) is 0 Å². The monoisotopic (exact) mass is 523 g/mol. The fourth-order valence-corrected chi connectivity index (χ4v) is 5.51. The maximum Gasteiger partial charge on any atom is 1.00 e. The molecule has 2 N–H and O–H groups in total. The van der Waals surface area contributed by atoms with Crippen molar-refractivity contribution >= 4 is 5.97 Å². The van der Waals surface area contributed by atoms with E-state index in [1.807, 2.05) is 72.8 Å². The summed E-state index contributed by atoms with van der Waals surface area (Å²) >= 11 is 0. The van der Waals surface area contributed by atoms with E-state index in [1.165, 1.54) is 0 Å². The molecule has 6 heteroatoms. The van der Waals surface area contributed by atoms with Gasteiger partial charge in [0.1, 0.15) is 5.60 Å². The molecule has 5 nitrogen and oxygen atoms in total. The van der Waals surface area contributed by atoms with E-state index in [-0.39, 0.29) is 35.5 Å². The molecule has 0 radical (unpaired) electrons. The van der Waals surface area contributed by atoms with E-state index in [0.29, 0.717) is 12.0 Å². The first-order chi connectivity index (χ1) is 17.7. The number of nitrogens with zero attached hydrogens (tertiary/aromatic N) is 1. The summed E-state index contributed by atoms with van der Waals surface area (Å²) in [5.74, 6) is -0.988. The molecule has 3 aromatic carbocycles. The van der Waals surface area contributed by atoms with Crippen LogP contribution in [0.1, 0.15) is 67.9 Å². The van der Waals surface area contributed by atoms with Gasteiger partial charge < -0.3 is 25.0 Å². The van der Waals surface area contributed by atoms with Crippen molar-refractivity contribution in [3.8, 4) is 0 Å². The van der Waals surface area contributed by atoms with E-state index in [0.717, 1.165) is 55.6 Å². The molecule has 38 heavy (non-hydrogen) atoms. The average Bonchev–Trinajstić information content (AvgIpc) is 2.94. The number of carboxylic acids is 1. The van der Waals surface area contributed by atoms with Gasteiger partial charge >= 0.3 is 29.6 Å². The van der Waals surface area contributed by atoms with Crippen LogP contribution in [-0.4, -0.2) is 40.7 Å². The van der Waals surface area contributed by atoms with Gasteiger partial charge in [-0.3, -0.25) is 0 Å². The SMILES string of the molecule is CC(C)(C(=O)[O-])c1ccc(C(O)CCCN2CCC(C(O)(c3ccccc3)c3ccccc3)CC2)cc1.[Na+]. The number of carboxylic acid groups (broad SMARTS) is 1. The average molecular weight is 524 g/mol. The van der Waals surface area contributed by atoms with Crippen LogP contribution in [0.25, 0.3) is 0 Å². The second-order valence-corrected chi connectivity index (χ2v) is 10.8. The van der Waals surface area contributed by atoms with Crippen molar-refractivity contribution in [2.45, 2.75) is 56.7 Å². The van der Waals surface area contributed by atoms with Crippen LogP contribution in [0, 0.1) is 5.92 Å². The normalized spacial score (nSPS) is 16.0. The number of benzene rings is 3. The minimum absolute atomic E-state index is 0. The van der Waals surface area contributed by atoms with Gasteiger partial charge in [-0.05, 0) is 73.5 Å². The molecule has 0 bridgehead atoms. The molecule has 1 aliphatic rings. The predicted molar refractivity (Wildman–Crippen MR) is 144 cm³/mol. The van der Waals surface area contributed by atoms with E-state index in [2.05, 4.69) is 4.90 Å². The standard InChI is InChI=1S/C32H39NO4.Na/c1-31(2,30(35)36)25-17-15-24(16-18-25)29(34)14-9-21-33-22-19-28(20-23-33)32(37,26-10-5-3-6-11-26)27-12-7-4-8-13-27;/h3-8,10-13,15-18,28-29,34,37H,9,14,19-23H2,1-2H3,(H,35,36);/q;+1/p-1. The number of aliphatic carboxylic acids is 1. The maximum absolute atomic E-state index is 12.1. The third-order valence-corrected chi connectivity index (χ3v) is 8.09. The Hall–Kier alpha value is -1.99. The van der Waals surface area contributed by atoms with Crippen LogP contribution < -0.4 is 34.7 Å². The van der Waals surface area contributed by atoms with Crippen molar-refractivity contribution < 1.29 is 49.7 Å². The van der Waals surface area contributed by atoms with Crippen molar-refractivity contribution in [2.75, 3.05) is 19.6 Å². The number of aliphatic hydroxyl groups is 2. The molecule has 3 aromatic rings. The number of carbonyl (C=O) groups is 1. The largest absolute Gasteiger partial charge is 1.00 e. The Morgan fingerprint density at radius 3 is 1.87 bits per heavy atom. The molecule has 1 atom stereocenters. The van der Waals surface area contributed by atoms with Crippen LogP contribution in [0.2, 0.25) is 0 Å². The van der Waals surface area contributed by atoms with Gasteiger partial charge in [-0.1, -0.05) is 98.8 Å². The van der Waals surface area contributed by atoms with Gasteiger partial charge in [0.2, 0.25) is 0 Å². The summed E-state index contributed by atoms with van der Waals surface area (Å²) in [6.07, 6.45) is 2.72. The second kappa shape index (κ2) is 13.4. The Balaban J connectivity index is 0.00000400. The van der Waals surface area contributed by atoms with Crippen LogP contribution in [0.5, 0.6) is 0 Å². The molecule has 0 aromatic heterocycles. The van der Waals surface area contributed by atoms with Gasteiger partial charge in [0.15, 0.2) is 0 Å². The quantitative estimate of drug-likeness (QED) is 0.390. The van der Waals surface area contributed by atoms with Crippen molar-refractivity contribution in [3.63, 3.8) is 0 Å². The molecule has 1 saturated heterocycles. The van der Waals surface area contributed by atoms with Gasteiger partial charge in [-0.2, -0.15) is 0 Å². The minimum atomic E-state index is -1.12. The van der Waals surface area contributed by atoms with Gasteiger partial charge in [-0.25, -0.2) is 0 Å². The van der Waals surface area contributed by atoms with Gasteiger partial charge in [0, 0.05) is 5.41 Å². The molecule has 196 valence electrons. The summed E-state index contributed by atoms with van der Waals surface area (Å²) in [7, 11) is 0. The first-order valence-corrected chi connectivity index (χ1v) is 13.3. The Bertz CT molecular complexity index is 1100. The van der Waals surface area contributed by atoms with Crippen LogP contribution in [-0.2, 0) is 15.8 Å². The molecular formula is C32H38NNaO4. The third kappa shape index (κ3) is 6.77. The van der Waals surface area contributed by atoms with Crippen LogP contribution in [0.4, 0.5) is 0 Å². The van der Waals surface area contributed by atoms with Crippen molar-refractivity contribution in [1.82, 2.24) is 4.90 Å². The third-order valence-electron chi connectivity index (χ3n) is 8.09. The second-order valence-electron chi connectivity index (χ2n) is 10.8. The summed E-state index contributed by atoms with van der Waals surface area (Å²) < 4.78 is 0. The zero-order chi connectivity index (χ0) is 26.5. The number of piperidine rings is 1. The Kier molecular flexibility index (Phi) is 10.8. The van der Waals surface area contributed by atoms with Crippen molar-refractivity contribution in [2.24, 2.45) is 5.92 Å². The van der Waals surface area contributed by atoms with E-state index in [4.69, 9.17) is 0 Å². The predicted octanol–water partition coefficient (Wildman–Crippen LogP) is 1.18. The Morgan fingerprint density at radius 1 is 0.895 bits per heavy atom. The van der Waals surface area contributed by atoms with E-state index in [1.54, 1.807) is 26.0 Å². The fraction of sp³-hybridized carbons (Fsp3) is 0.406. The van der Waals surface area contributed by atoms with Crippen molar-refractivity contribution in [1.29, 1.82) is 0 Å². The summed E-state index contributed by atoms with van der Waals surface area (Å²) in [4.78, 5) is 13.8. The van der Waals surface area contributed by atoms with Gasteiger partial charge in [-0.15, -0.1) is 0 Å². The van der Waals surface area contributed by atoms with Gasteiger partial charge in [0.05, 0.1) is 12.1 Å². The molecule has 1 unspecified atom stereocenters. The fourth-order valence-electron chi connectivity index (χ4n) is 5.51. The number of aliphatic hydroxyl groups excluding tert-OH is 1. The number of carbonyl (C=O) groups excluding carboxylic acids is 1. The number of hydrogen-bond donors (Lipinski definition) is 2. The Labute approximate surface area is 248 Å². The van der Waals surface area contributed by atoms with Crippen LogP contribution >= 0.6 is 0 Å². The summed E-state index contributed by atoms with van der Waals surface area (Å²) in [6, 6.07) is 27.1. The first kappa shape index (κ1) is 30.6. The van der Waals surface area contributed by atoms with E-state index >= 15 is 0 Å². The molecule has 4 rings (SSSR count). The number of hydrogen-bond acceptors (Lipinski definition) is 5. The molecule has 1 heterocycles. The maximum atomic E-state index is 12.1. The molecule has 1 aliphatic heterocycles. The first-order valence-electron chi connectivity index (χ1n) is 13.3. The molecule has 1 fully saturated rings. The summed E-state index contributed by atoms with van der Waals surface area (Å²) in [5.41, 5.74) is 1.27. The molecule has 0 spiro atoms. The zero-order valence-electron chi connectivity index (χ0n) is 22.8. The van der Waals surface area contributed by atoms with Gasteiger partial charge in [0.25, 0.3) is 0 Å². The Morgan fingerprint density at radius 2 is 1.39 bits per heavy atom. The summed E-state index contributed by atoms with van der Waals surface area (Å²) in [6.45, 7) is 5.97. The molecule has 0 saturated carbocycles. The van der Waals surface area contributed by atoms with Crippen LogP contribution in [0.15, 0.2) is 84.9 Å². The summed E-state index contributed by atoms with van der Waals surface area (Å²) in [5, 5.41) is 34.1. The smallest absolute Gasteiger partial charge is 0.549 e. The molecule has 0 aliphatic carbocycles. The van der Waals surface area contributed by atoms with E-state index < -0.39 is 23.1 Å². The number of likely N-dealkylation sites (tertiary alicyclic amines) is 1. The van der Waals surface area contributed by atoms with E-state index in [9.17, 15) is 20.1 Å². The molecule has 0 amide bonds. The zero-order valence-corrected chi connectivity index (χ0v) is 24.8. The van der Waals surface area contributed by atoms with Crippen molar-refractivity contribution in [3.05, 3.63) is 107 Å². The minimum Gasteiger partial charge on any atom is -0.549 e. The topological polar surface area (TPSA) is 83.8 Å². The molecular weight excluding hydrogens is 485 g/mol.